The van der Waals surface area contributed by atoms with E-state index in [0.29, 0.717) is 18.0 Å². The Morgan fingerprint density at radius 2 is 2.06 bits per heavy atom. The summed E-state index contributed by atoms with van der Waals surface area (Å²) in [5.74, 6) is 0. The number of hydrogen-bond donors (Lipinski definition) is 0. The van der Waals surface area contributed by atoms with Crippen molar-refractivity contribution in [3.63, 3.8) is 0 Å². The van der Waals surface area contributed by atoms with Crippen molar-refractivity contribution in [2.24, 2.45) is 0 Å². The molecule has 4 nitrogen and oxygen atoms in total. The van der Waals surface area contributed by atoms with E-state index in [9.17, 15) is 8.42 Å². The van der Waals surface area contributed by atoms with Crippen LogP contribution in [-0.4, -0.2) is 32.1 Å². The van der Waals surface area contributed by atoms with Gasteiger partial charge in [0.15, 0.2) is 0 Å². The van der Waals surface area contributed by atoms with Gasteiger partial charge in [-0.25, -0.2) is 8.42 Å². The van der Waals surface area contributed by atoms with Gasteiger partial charge in [-0.3, -0.25) is 0 Å². The smallest absolute Gasteiger partial charge is 0.245 e. The van der Waals surface area contributed by atoms with Gasteiger partial charge in [-0.15, -0.1) is 0 Å². The highest BCUT2D eigenvalue weighted by molar-refractivity contribution is 7.89. The summed E-state index contributed by atoms with van der Waals surface area (Å²) in [4.78, 5) is 0.380. The fourth-order valence-electron chi connectivity index (χ4n) is 2.27. The van der Waals surface area contributed by atoms with E-state index in [4.69, 9.17) is 4.74 Å². The van der Waals surface area contributed by atoms with Gasteiger partial charge >= 0.3 is 0 Å². The van der Waals surface area contributed by atoms with Gasteiger partial charge in [-0.2, -0.15) is 4.31 Å². The molecule has 0 N–H and O–H groups in total. The molecule has 100 valence electrons. The van der Waals surface area contributed by atoms with Gasteiger partial charge < -0.3 is 4.74 Å². The Morgan fingerprint density at radius 1 is 1.33 bits per heavy atom. The molecule has 1 aromatic rings. The zero-order valence-corrected chi connectivity index (χ0v) is 11.8. The summed E-state index contributed by atoms with van der Waals surface area (Å²) in [6.45, 7) is 6.71. The lowest BCUT2D eigenvalue weighted by Crippen LogP contribution is -2.44. The SMILES string of the molecule is Cc1ccc(S(=O)(=O)N2CCCOC2C)c(C)c1. The second kappa shape index (κ2) is 4.99. The van der Waals surface area contributed by atoms with Gasteiger partial charge in [-0.05, 0) is 38.8 Å². The maximum absolute atomic E-state index is 12.6. The Balaban J connectivity index is 2.41. The highest BCUT2D eigenvalue weighted by atomic mass is 32.2. The Bertz CT molecular complexity index is 539. The van der Waals surface area contributed by atoms with Crippen LogP contribution in [-0.2, 0) is 14.8 Å². The number of benzene rings is 1. The molecule has 0 aromatic heterocycles. The number of aryl methyl sites for hydroxylation is 2. The third-order valence-corrected chi connectivity index (χ3v) is 5.32. The van der Waals surface area contributed by atoms with E-state index in [2.05, 4.69) is 0 Å². The first-order valence-corrected chi connectivity index (χ1v) is 7.57. The minimum atomic E-state index is -3.45. The number of rotatable bonds is 2. The predicted molar refractivity (Wildman–Crippen MR) is 69.8 cm³/mol. The first kappa shape index (κ1) is 13.5. The standard InChI is InChI=1S/C13H19NO3S/c1-10-5-6-13(11(2)9-10)18(15,16)14-7-4-8-17-12(14)3/h5-6,9,12H,4,7-8H2,1-3H3. The Kier molecular flexibility index (Phi) is 3.75. The molecule has 5 heteroatoms. The van der Waals surface area contributed by atoms with Crippen LogP contribution in [0.3, 0.4) is 0 Å². The molecular weight excluding hydrogens is 250 g/mol. The molecule has 2 rings (SSSR count). The summed E-state index contributed by atoms with van der Waals surface area (Å²) in [5.41, 5.74) is 1.85. The zero-order valence-electron chi connectivity index (χ0n) is 11.0. The Morgan fingerprint density at radius 3 is 2.67 bits per heavy atom. The zero-order chi connectivity index (χ0) is 13.3. The summed E-state index contributed by atoms with van der Waals surface area (Å²) in [6.07, 6.45) is 0.360. The fraction of sp³-hybridized carbons (Fsp3) is 0.538. The molecular formula is C13H19NO3S. The molecule has 18 heavy (non-hydrogen) atoms. The van der Waals surface area contributed by atoms with Crippen molar-refractivity contribution in [3.05, 3.63) is 29.3 Å². The molecule has 1 heterocycles. The molecule has 1 atom stereocenters. The van der Waals surface area contributed by atoms with Gasteiger partial charge in [0.05, 0.1) is 4.90 Å². The molecule has 1 aliphatic rings. The van der Waals surface area contributed by atoms with Crippen molar-refractivity contribution in [1.29, 1.82) is 0 Å². The highest BCUT2D eigenvalue weighted by Gasteiger charge is 2.32. The first-order chi connectivity index (χ1) is 8.43. The first-order valence-electron chi connectivity index (χ1n) is 6.13. The molecule has 0 saturated carbocycles. The highest BCUT2D eigenvalue weighted by Crippen LogP contribution is 2.24. The number of nitrogens with zero attached hydrogens (tertiary/aromatic N) is 1. The van der Waals surface area contributed by atoms with Crippen LogP contribution in [0.1, 0.15) is 24.5 Å². The average molecular weight is 269 g/mol. The molecule has 0 bridgehead atoms. The minimum Gasteiger partial charge on any atom is -0.362 e. The van der Waals surface area contributed by atoms with Crippen molar-refractivity contribution >= 4 is 10.0 Å². The summed E-state index contributed by atoms with van der Waals surface area (Å²) in [6, 6.07) is 5.40. The lowest BCUT2D eigenvalue weighted by atomic mass is 10.2. The monoisotopic (exact) mass is 269 g/mol. The average Bonchev–Trinajstić information content (AvgIpc) is 2.28. The van der Waals surface area contributed by atoms with E-state index in [-0.39, 0.29) is 6.23 Å². The maximum atomic E-state index is 12.6. The van der Waals surface area contributed by atoms with Gasteiger partial charge in [0, 0.05) is 13.2 Å². The van der Waals surface area contributed by atoms with Crippen LogP contribution in [0.25, 0.3) is 0 Å². The van der Waals surface area contributed by atoms with Crippen molar-refractivity contribution < 1.29 is 13.2 Å². The van der Waals surface area contributed by atoms with Crippen LogP contribution in [0.2, 0.25) is 0 Å². The van der Waals surface area contributed by atoms with Crippen molar-refractivity contribution in [2.75, 3.05) is 13.2 Å². The van der Waals surface area contributed by atoms with Crippen LogP contribution in [0.15, 0.2) is 23.1 Å². The van der Waals surface area contributed by atoms with E-state index in [1.54, 1.807) is 13.0 Å². The fourth-order valence-corrected chi connectivity index (χ4v) is 4.05. The summed E-state index contributed by atoms with van der Waals surface area (Å²) < 4.78 is 32.0. The molecule has 1 aliphatic heterocycles. The van der Waals surface area contributed by atoms with E-state index >= 15 is 0 Å². The molecule has 1 saturated heterocycles. The topological polar surface area (TPSA) is 46.6 Å². The minimum absolute atomic E-state index is 0.380. The van der Waals surface area contributed by atoms with Crippen LogP contribution >= 0.6 is 0 Å². The van der Waals surface area contributed by atoms with Gasteiger partial charge in [0.25, 0.3) is 0 Å². The molecule has 1 fully saturated rings. The second-order valence-corrected chi connectivity index (χ2v) is 6.57. The van der Waals surface area contributed by atoms with Crippen LogP contribution in [0.4, 0.5) is 0 Å². The van der Waals surface area contributed by atoms with Crippen LogP contribution < -0.4 is 0 Å². The number of hydrogen-bond acceptors (Lipinski definition) is 3. The summed E-state index contributed by atoms with van der Waals surface area (Å²) >= 11 is 0. The quantitative estimate of drug-likeness (QED) is 0.825. The Labute approximate surface area is 109 Å². The molecule has 1 aromatic carbocycles. The summed E-state index contributed by atoms with van der Waals surface area (Å²) in [5, 5.41) is 0. The van der Waals surface area contributed by atoms with Crippen molar-refractivity contribution in [3.8, 4) is 0 Å². The van der Waals surface area contributed by atoms with Crippen LogP contribution in [0.5, 0.6) is 0 Å². The van der Waals surface area contributed by atoms with E-state index < -0.39 is 10.0 Å². The van der Waals surface area contributed by atoms with Crippen molar-refractivity contribution in [1.82, 2.24) is 4.31 Å². The third kappa shape index (κ3) is 2.43. The van der Waals surface area contributed by atoms with E-state index in [1.165, 1.54) is 4.31 Å². The van der Waals surface area contributed by atoms with Crippen LogP contribution in [0, 0.1) is 13.8 Å². The molecule has 0 radical (unpaired) electrons. The number of ether oxygens (including phenoxy) is 1. The maximum Gasteiger partial charge on any atom is 0.245 e. The Hall–Kier alpha value is -0.910. The van der Waals surface area contributed by atoms with Gasteiger partial charge in [-0.1, -0.05) is 17.7 Å². The molecule has 0 aliphatic carbocycles. The van der Waals surface area contributed by atoms with Gasteiger partial charge in [0.2, 0.25) is 10.0 Å². The van der Waals surface area contributed by atoms with Crippen molar-refractivity contribution in [2.45, 2.75) is 38.3 Å². The van der Waals surface area contributed by atoms with E-state index in [0.717, 1.165) is 17.5 Å². The van der Waals surface area contributed by atoms with E-state index in [1.807, 2.05) is 26.0 Å². The summed E-state index contributed by atoms with van der Waals surface area (Å²) in [7, 11) is -3.45. The third-order valence-electron chi connectivity index (χ3n) is 3.20. The lowest BCUT2D eigenvalue weighted by molar-refractivity contribution is -0.0410. The molecule has 0 spiro atoms. The molecule has 1 unspecified atom stereocenters. The lowest BCUT2D eigenvalue weighted by Gasteiger charge is -2.32. The normalized spacial score (nSPS) is 22.1. The van der Waals surface area contributed by atoms with Gasteiger partial charge in [0.1, 0.15) is 6.23 Å². The predicted octanol–water partition coefficient (Wildman–Crippen LogP) is 2.06. The second-order valence-electron chi connectivity index (χ2n) is 4.71. The number of sulfonamides is 1. The largest absolute Gasteiger partial charge is 0.362 e. The molecule has 0 amide bonds.